The van der Waals surface area contributed by atoms with E-state index in [1.165, 1.54) is 12.8 Å². The topological polar surface area (TPSA) is 20.2 Å². The molecule has 0 radical (unpaired) electrons. The smallest absolute Gasteiger partial charge is 0.0537 e. The molecule has 0 heterocycles. The maximum Gasteiger partial charge on any atom is 0.0537 e. The van der Waals surface area contributed by atoms with Crippen LogP contribution in [0.3, 0.4) is 0 Å². The second kappa shape index (κ2) is 5.72. The van der Waals surface area contributed by atoms with E-state index in [2.05, 4.69) is 13.8 Å². The van der Waals surface area contributed by atoms with Gasteiger partial charge in [0.15, 0.2) is 0 Å². The van der Waals surface area contributed by atoms with Crippen LogP contribution < -0.4 is 0 Å². The Morgan fingerprint density at radius 3 is 2.20 bits per heavy atom. The molecule has 1 atom stereocenters. The summed E-state index contributed by atoms with van der Waals surface area (Å²) in [6, 6.07) is 0. The Hall–Kier alpha value is -0.0400. The van der Waals surface area contributed by atoms with Crippen molar-refractivity contribution < 1.29 is 5.11 Å². The normalized spacial score (nSPS) is 14.1. The van der Waals surface area contributed by atoms with Gasteiger partial charge in [0.05, 0.1) is 6.10 Å². The molecule has 0 spiro atoms. The van der Waals surface area contributed by atoms with Crippen molar-refractivity contribution in [1.29, 1.82) is 0 Å². The molecule has 10 heavy (non-hydrogen) atoms. The first kappa shape index (κ1) is 9.96. The second-order valence-electron chi connectivity index (χ2n) is 3.39. The number of hydrogen-bond donors (Lipinski definition) is 1. The lowest BCUT2D eigenvalue weighted by Gasteiger charge is -2.07. The van der Waals surface area contributed by atoms with Crippen molar-refractivity contribution >= 4 is 0 Å². The molecule has 0 aliphatic carbocycles. The Bertz CT molecular complexity index is 69.1. The van der Waals surface area contributed by atoms with Crippen molar-refractivity contribution in [3.05, 3.63) is 0 Å². The van der Waals surface area contributed by atoms with Gasteiger partial charge in [0.25, 0.3) is 0 Å². The summed E-state index contributed by atoms with van der Waals surface area (Å²) in [7, 11) is 0. The monoisotopic (exact) mass is 144 g/mol. The summed E-state index contributed by atoms with van der Waals surface area (Å²) in [5.41, 5.74) is 0. The first-order valence-corrected chi connectivity index (χ1v) is 4.34. The van der Waals surface area contributed by atoms with Crippen LogP contribution in [0.4, 0.5) is 0 Å². The lowest BCUT2D eigenvalue weighted by Crippen LogP contribution is -2.04. The summed E-state index contributed by atoms with van der Waals surface area (Å²) in [6.45, 7) is 6.47. The zero-order chi connectivity index (χ0) is 7.98. The van der Waals surface area contributed by atoms with Gasteiger partial charge in [0.2, 0.25) is 0 Å². The minimum absolute atomic E-state index is 0.0567. The van der Waals surface area contributed by atoms with E-state index in [0.717, 1.165) is 18.8 Å². The molecule has 0 aliphatic heterocycles. The van der Waals surface area contributed by atoms with Gasteiger partial charge in [-0.2, -0.15) is 0 Å². The Kier molecular flexibility index (Phi) is 5.70. The molecule has 62 valence electrons. The maximum absolute atomic E-state index is 9.17. The van der Waals surface area contributed by atoms with Gasteiger partial charge in [-0.15, -0.1) is 0 Å². The van der Waals surface area contributed by atoms with E-state index in [0.29, 0.717) is 0 Å². The van der Waals surface area contributed by atoms with Gasteiger partial charge in [-0.3, -0.25) is 0 Å². The largest absolute Gasteiger partial charge is 0.393 e. The quantitative estimate of drug-likeness (QED) is 0.628. The van der Waals surface area contributed by atoms with Crippen LogP contribution in [0.25, 0.3) is 0 Å². The Balaban J connectivity index is 3.03. The van der Waals surface area contributed by atoms with Crippen molar-refractivity contribution in [3.8, 4) is 0 Å². The van der Waals surface area contributed by atoms with Gasteiger partial charge in [-0.25, -0.2) is 0 Å². The third-order valence-corrected chi connectivity index (χ3v) is 1.79. The zero-order valence-corrected chi connectivity index (χ0v) is 7.43. The molecule has 1 nitrogen and oxygen atoms in total. The minimum Gasteiger partial charge on any atom is -0.393 e. The standard InChI is InChI=1S/C9H20O/c1-4-9(10)7-5-6-8(2)3/h8-10H,4-7H2,1-3H3. The van der Waals surface area contributed by atoms with E-state index in [4.69, 9.17) is 0 Å². The Morgan fingerprint density at radius 2 is 1.80 bits per heavy atom. The second-order valence-corrected chi connectivity index (χ2v) is 3.39. The van der Waals surface area contributed by atoms with Crippen LogP contribution >= 0.6 is 0 Å². The number of hydrogen-bond acceptors (Lipinski definition) is 1. The van der Waals surface area contributed by atoms with E-state index >= 15 is 0 Å². The van der Waals surface area contributed by atoms with Gasteiger partial charge in [0.1, 0.15) is 0 Å². The Morgan fingerprint density at radius 1 is 1.20 bits per heavy atom. The minimum atomic E-state index is -0.0567. The molecule has 0 aromatic carbocycles. The first-order valence-electron chi connectivity index (χ1n) is 4.34. The molecule has 0 aromatic rings. The van der Waals surface area contributed by atoms with Gasteiger partial charge in [-0.1, -0.05) is 33.6 Å². The molecule has 1 heteroatoms. The van der Waals surface area contributed by atoms with Crippen LogP contribution in [0.2, 0.25) is 0 Å². The number of aliphatic hydroxyl groups excluding tert-OH is 1. The summed E-state index contributed by atoms with van der Waals surface area (Å²) in [4.78, 5) is 0. The SMILES string of the molecule is CCC(O)CCCC(C)C. The van der Waals surface area contributed by atoms with Crippen molar-refractivity contribution in [2.45, 2.75) is 52.6 Å². The predicted octanol–water partition coefficient (Wildman–Crippen LogP) is 2.58. The van der Waals surface area contributed by atoms with Gasteiger partial charge in [0, 0.05) is 0 Å². The maximum atomic E-state index is 9.17. The lowest BCUT2D eigenvalue weighted by molar-refractivity contribution is 0.155. The van der Waals surface area contributed by atoms with Gasteiger partial charge in [-0.05, 0) is 18.8 Å². The fourth-order valence-corrected chi connectivity index (χ4v) is 0.966. The van der Waals surface area contributed by atoms with E-state index in [1.807, 2.05) is 6.92 Å². The summed E-state index contributed by atoms with van der Waals surface area (Å²) < 4.78 is 0. The molecule has 0 saturated carbocycles. The van der Waals surface area contributed by atoms with Crippen LogP contribution in [-0.4, -0.2) is 11.2 Å². The highest BCUT2D eigenvalue weighted by Gasteiger charge is 2.00. The zero-order valence-electron chi connectivity index (χ0n) is 7.43. The van der Waals surface area contributed by atoms with Crippen LogP contribution in [0.1, 0.15) is 46.5 Å². The van der Waals surface area contributed by atoms with E-state index in [9.17, 15) is 5.11 Å². The Labute approximate surface area is 64.5 Å². The van der Waals surface area contributed by atoms with Crippen molar-refractivity contribution in [1.82, 2.24) is 0 Å². The summed E-state index contributed by atoms with van der Waals surface area (Å²) >= 11 is 0. The molecule has 0 rings (SSSR count). The molecule has 0 saturated heterocycles. The van der Waals surface area contributed by atoms with Crippen molar-refractivity contribution in [3.63, 3.8) is 0 Å². The molecule has 0 aromatic heterocycles. The van der Waals surface area contributed by atoms with Crippen LogP contribution in [0.15, 0.2) is 0 Å². The van der Waals surface area contributed by atoms with Crippen LogP contribution in [0, 0.1) is 5.92 Å². The molecule has 1 N–H and O–H groups in total. The first-order chi connectivity index (χ1) is 4.66. The highest BCUT2D eigenvalue weighted by atomic mass is 16.3. The summed E-state index contributed by atoms with van der Waals surface area (Å²) in [5.74, 6) is 0.782. The molecular weight excluding hydrogens is 124 g/mol. The highest BCUT2D eigenvalue weighted by Crippen LogP contribution is 2.09. The van der Waals surface area contributed by atoms with E-state index in [1.54, 1.807) is 0 Å². The number of rotatable bonds is 5. The van der Waals surface area contributed by atoms with Crippen LogP contribution in [0.5, 0.6) is 0 Å². The predicted molar refractivity (Wildman–Crippen MR) is 45.0 cm³/mol. The molecular formula is C9H20O. The molecule has 0 bridgehead atoms. The fourth-order valence-electron chi connectivity index (χ4n) is 0.966. The summed E-state index contributed by atoms with van der Waals surface area (Å²) in [6.07, 6.45) is 4.25. The average molecular weight is 144 g/mol. The van der Waals surface area contributed by atoms with E-state index < -0.39 is 0 Å². The molecule has 0 amide bonds. The molecule has 0 aliphatic rings. The number of aliphatic hydroxyl groups is 1. The third kappa shape index (κ3) is 6.09. The van der Waals surface area contributed by atoms with Gasteiger partial charge < -0.3 is 5.11 Å². The van der Waals surface area contributed by atoms with Gasteiger partial charge >= 0.3 is 0 Å². The summed E-state index contributed by atoms with van der Waals surface area (Å²) in [5, 5.41) is 9.17. The third-order valence-electron chi connectivity index (χ3n) is 1.79. The van der Waals surface area contributed by atoms with E-state index in [-0.39, 0.29) is 6.10 Å². The average Bonchev–Trinajstić information content (AvgIpc) is 1.87. The molecule has 1 unspecified atom stereocenters. The lowest BCUT2D eigenvalue weighted by atomic mass is 10.0. The highest BCUT2D eigenvalue weighted by molar-refractivity contribution is 4.53. The van der Waals surface area contributed by atoms with Crippen molar-refractivity contribution in [2.75, 3.05) is 0 Å². The van der Waals surface area contributed by atoms with Crippen LogP contribution in [-0.2, 0) is 0 Å². The molecule has 0 fully saturated rings. The fraction of sp³-hybridized carbons (Fsp3) is 1.00. The van der Waals surface area contributed by atoms with Crippen molar-refractivity contribution in [2.24, 2.45) is 5.92 Å².